The van der Waals surface area contributed by atoms with Gasteiger partial charge in [-0.1, -0.05) is 34.1 Å². The number of rotatable bonds is 3. The molecule has 1 aliphatic heterocycles. The van der Waals surface area contributed by atoms with E-state index in [2.05, 4.69) is 58.9 Å². The SMILES string of the molecule is CC(N)C1CCN(C(C)c2ccccc2Br)CC1.Cl. The Labute approximate surface area is 131 Å². The van der Waals surface area contributed by atoms with Crippen LogP contribution in [0.25, 0.3) is 0 Å². The van der Waals surface area contributed by atoms with Gasteiger partial charge in [-0.15, -0.1) is 12.4 Å². The van der Waals surface area contributed by atoms with E-state index in [4.69, 9.17) is 5.73 Å². The smallest absolute Gasteiger partial charge is 0.0331 e. The number of hydrogen-bond acceptors (Lipinski definition) is 2. The molecule has 1 saturated heterocycles. The van der Waals surface area contributed by atoms with Crippen LogP contribution in [0.1, 0.15) is 38.3 Å². The van der Waals surface area contributed by atoms with Crippen LogP contribution in [0, 0.1) is 5.92 Å². The highest BCUT2D eigenvalue weighted by atomic mass is 79.9. The van der Waals surface area contributed by atoms with E-state index in [-0.39, 0.29) is 12.4 Å². The van der Waals surface area contributed by atoms with Crippen LogP contribution in [0.15, 0.2) is 28.7 Å². The molecule has 2 unspecified atom stereocenters. The van der Waals surface area contributed by atoms with Crippen molar-refractivity contribution in [2.24, 2.45) is 11.7 Å². The van der Waals surface area contributed by atoms with Crippen molar-refractivity contribution in [1.82, 2.24) is 4.90 Å². The van der Waals surface area contributed by atoms with Crippen molar-refractivity contribution >= 4 is 28.3 Å². The van der Waals surface area contributed by atoms with Crippen LogP contribution in [0.4, 0.5) is 0 Å². The second kappa shape index (κ2) is 7.63. The minimum absolute atomic E-state index is 0. The van der Waals surface area contributed by atoms with Gasteiger partial charge in [0.25, 0.3) is 0 Å². The first-order valence-electron chi connectivity index (χ1n) is 6.83. The minimum Gasteiger partial charge on any atom is -0.328 e. The molecule has 1 heterocycles. The van der Waals surface area contributed by atoms with Gasteiger partial charge < -0.3 is 5.73 Å². The maximum atomic E-state index is 6.00. The number of benzene rings is 1. The molecule has 0 saturated carbocycles. The van der Waals surface area contributed by atoms with E-state index in [1.165, 1.54) is 22.9 Å². The first kappa shape index (κ1) is 17.0. The Morgan fingerprint density at radius 1 is 1.21 bits per heavy atom. The highest BCUT2D eigenvalue weighted by molar-refractivity contribution is 9.10. The summed E-state index contributed by atoms with van der Waals surface area (Å²) >= 11 is 3.65. The lowest BCUT2D eigenvalue weighted by molar-refractivity contribution is 0.132. The van der Waals surface area contributed by atoms with Crippen LogP contribution in [-0.4, -0.2) is 24.0 Å². The normalized spacial score (nSPS) is 20.6. The molecule has 0 amide bonds. The molecule has 2 N–H and O–H groups in total. The topological polar surface area (TPSA) is 29.3 Å². The molecule has 1 aromatic rings. The van der Waals surface area contributed by atoms with Gasteiger partial charge in [0.1, 0.15) is 0 Å². The summed E-state index contributed by atoms with van der Waals surface area (Å²) in [5.41, 5.74) is 7.38. The van der Waals surface area contributed by atoms with Crippen molar-refractivity contribution in [1.29, 1.82) is 0 Å². The van der Waals surface area contributed by atoms with Gasteiger partial charge in [0.15, 0.2) is 0 Å². The summed E-state index contributed by atoms with van der Waals surface area (Å²) in [7, 11) is 0. The van der Waals surface area contributed by atoms with E-state index in [1.54, 1.807) is 0 Å². The van der Waals surface area contributed by atoms with Gasteiger partial charge >= 0.3 is 0 Å². The molecule has 1 fully saturated rings. The predicted molar refractivity (Wildman–Crippen MR) is 87.8 cm³/mol. The Kier molecular flexibility index (Phi) is 6.81. The summed E-state index contributed by atoms with van der Waals surface area (Å²) in [6.45, 7) is 6.76. The molecule has 1 aliphatic rings. The summed E-state index contributed by atoms with van der Waals surface area (Å²) in [6.07, 6.45) is 2.46. The molecular weight excluding hydrogens is 324 g/mol. The second-order valence-electron chi connectivity index (χ2n) is 5.43. The zero-order valence-electron chi connectivity index (χ0n) is 11.7. The number of nitrogens with two attached hydrogens (primary N) is 1. The molecule has 2 atom stereocenters. The standard InChI is InChI=1S/C15H23BrN2.ClH/c1-11(17)13-7-9-18(10-8-13)12(2)14-5-3-4-6-15(14)16;/h3-6,11-13H,7-10,17H2,1-2H3;1H. The van der Waals surface area contributed by atoms with E-state index in [9.17, 15) is 0 Å². The van der Waals surface area contributed by atoms with Gasteiger partial charge in [-0.25, -0.2) is 0 Å². The molecule has 2 rings (SSSR count). The van der Waals surface area contributed by atoms with Crippen molar-refractivity contribution in [2.75, 3.05) is 13.1 Å². The summed E-state index contributed by atoms with van der Waals surface area (Å²) < 4.78 is 1.21. The van der Waals surface area contributed by atoms with Crippen LogP contribution >= 0.6 is 28.3 Å². The molecule has 0 bridgehead atoms. The first-order chi connectivity index (χ1) is 8.59. The van der Waals surface area contributed by atoms with E-state index in [0.717, 1.165) is 13.1 Å². The van der Waals surface area contributed by atoms with Crippen LogP contribution < -0.4 is 5.73 Å². The van der Waals surface area contributed by atoms with Crippen LogP contribution in [0.3, 0.4) is 0 Å². The zero-order valence-corrected chi connectivity index (χ0v) is 14.1. The lowest BCUT2D eigenvalue weighted by atomic mass is 9.90. The molecule has 19 heavy (non-hydrogen) atoms. The van der Waals surface area contributed by atoms with Crippen molar-refractivity contribution in [3.05, 3.63) is 34.3 Å². The van der Waals surface area contributed by atoms with Crippen LogP contribution in [0.5, 0.6) is 0 Å². The number of nitrogens with zero attached hydrogens (tertiary/aromatic N) is 1. The fraction of sp³-hybridized carbons (Fsp3) is 0.600. The number of hydrogen-bond donors (Lipinski definition) is 1. The lowest BCUT2D eigenvalue weighted by Crippen LogP contribution is -2.40. The van der Waals surface area contributed by atoms with Crippen LogP contribution in [0.2, 0.25) is 0 Å². The fourth-order valence-corrected chi connectivity index (χ4v) is 3.46. The number of piperidine rings is 1. The van der Waals surface area contributed by atoms with Crippen molar-refractivity contribution in [2.45, 2.75) is 38.8 Å². The maximum absolute atomic E-state index is 6.00. The third-order valence-corrected chi connectivity index (χ3v) is 4.94. The molecule has 108 valence electrons. The lowest BCUT2D eigenvalue weighted by Gasteiger charge is -2.37. The van der Waals surface area contributed by atoms with Crippen LogP contribution in [-0.2, 0) is 0 Å². The Morgan fingerprint density at radius 2 is 1.79 bits per heavy atom. The first-order valence-corrected chi connectivity index (χ1v) is 7.63. The van der Waals surface area contributed by atoms with Gasteiger partial charge in [0, 0.05) is 16.6 Å². The van der Waals surface area contributed by atoms with Gasteiger partial charge in [-0.05, 0) is 57.3 Å². The monoisotopic (exact) mass is 346 g/mol. The highest BCUT2D eigenvalue weighted by Crippen LogP contribution is 2.31. The molecule has 0 radical (unpaired) electrons. The summed E-state index contributed by atoms with van der Waals surface area (Å²) in [6, 6.07) is 9.35. The Morgan fingerprint density at radius 3 is 2.32 bits per heavy atom. The summed E-state index contributed by atoms with van der Waals surface area (Å²) in [4.78, 5) is 2.57. The van der Waals surface area contributed by atoms with E-state index in [1.807, 2.05) is 0 Å². The second-order valence-corrected chi connectivity index (χ2v) is 6.28. The van der Waals surface area contributed by atoms with Crippen molar-refractivity contribution in [3.63, 3.8) is 0 Å². The van der Waals surface area contributed by atoms with E-state index >= 15 is 0 Å². The fourth-order valence-electron chi connectivity index (χ4n) is 2.84. The number of likely N-dealkylation sites (tertiary alicyclic amines) is 1. The number of halogens is 2. The Hall–Kier alpha value is -0.0900. The highest BCUT2D eigenvalue weighted by Gasteiger charge is 2.25. The van der Waals surface area contributed by atoms with Gasteiger partial charge in [-0.3, -0.25) is 4.90 Å². The average molecular weight is 348 g/mol. The summed E-state index contributed by atoms with van der Waals surface area (Å²) in [5, 5.41) is 0. The molecule has 0 spiro atoms. The van der Waals surface area contributed by atoms with Gasteiger partial charge in [0.2, 0.25) is 0 Å². The molecule has 4 heteroatoms. The molecule has 0 aliphatic carbocycles. The largest absolute Gasteiger partial charge is 0.328 e. The summed E-state index contributed by atoms with van der Waals surface area (Å²) in [5.74, 6) is 0.702. The van der Waals surface area contributed by atoms with Gasteiger partial charge in [0.05, 0.1) is 0 Å². The third kappa shape index (κ3) is 4.19. The van der Waals surface area contributed by atoms with Crippen molar-refractivity contribution < 1.29 is 0 Å². The minimum atomic E-state index is 0. The molecular formula is C15H24BrClN2. The molecule has 0 aromatic heterocycles. The average Bonchev–Trinajstić information content (AvgIpc) is 2.38. The predicted octanol–water partition coefficient (Wildman–Crippen LogP) is 3.99. The zero-order chi connectivity index (χ0) is 13.1. The quantitative estimate of drug-likeness (QED) is 0.895. The molecule has 2 nitrogen and oxygen atoms in total. The third-order valence-electron chi connectivity index (χ3n) is 4.22. The van der Waals surface area contributed by atoms with E-state index < -0.39 is 0 Å². The maximum Gasteiger partial charge on any atom is 0.0331 e. The molecule has 1 aromatic carbocycles. The van der Waals surface area contributed by atoms with E-state index in [0.29, 0.717) is 18.0 Å². The Balaban J connectivity index is 0.00000180. The van der Waals surface area contributed by atoms with Gasteiger partial charge in [-0.2, -0.15) is 0 Å². The Bertz CT molecular complexity index is 389. The van der Waals surface area contributed by atoms with Crippen molar-refractivity contribution in [3.8, 4) is 0 Å².